The van der Waals surface area contributed by atoms with Gasteiger partial charge in [-0.25, -0.2) is 4.39 Å². The fourth-order valence-corrected chi connectivity index (χ4v) is 3.62. The number of nitro groups is 1. The maximum absolute atomic E-state index is 14.7. The van der Waals surface area contributed by atoms with Crippen LogP contribution in [0.5, 0.6) is 0 Å². The van der Waals surface area contributed by atoms with Crippen LogP contribution in [0.15, 0.2) is 47.5 Å². The van der Waals surface area contributed by atoms with Gasteiger partial charge in [0, 0.05) is 41.7 Å². The molecule has 1 aliphatic rings. The minimum atomic E-state index is -0.478. The molecule has 2 aromatic carbocycles. The largest absolute Gasteiger partial charge is 0.363 e. The first-order chi connectivity index (χ1) is 12.7. The Labute approximate surface area is 158 Å². The Balaban J connectivity index is 2.01. The lowest BCUT2D eigenvalue weighted by Crippen LogP contribution is -2.45. The van der Waals surface area contributed by atoms with Crippen LogP contribution < -0.4 is 4.90 Å². The van der Waals surface area contributed by atoms with Gasteiger partial charge in [-0.2, -0.15) is 0 Å². The van der Waals surface area contributed by atoms with E-state index in [2.05, 4.69) is 36.7 Å². The zero-order chi connectivity index (χ0) is 19.8. The molecule has 0 aliphatic carbocycles. The lowest BCUT2D eigenvalue weighted by atomic mass is 9.88. The Morgan fingerprint density at radius 2 is 2.04 bits per heavy atom. The molecule has 0 amide bonds. The molecule has 0 aromatic heterocycles. The summed E-state index contributed by atoms with van der Waals surface area (Å²) in [6.45, 7) is 9.06. The van der Waals surface area contributed by atoms with Crippen molar-refractivity contribution < 1.29 is 9.31 Å². The minimum absolute atomic E-state index is 0.0461. The number of rotatable bonds is 4. The molecule has 6 heteroatoms. The number of halogens is 1. The van der Waals surface area contributed by atoms with Gasteiger partial charge in [-0.3, -0.25) is 15.1 Å². The smallest absolute Gasteiger partial charge is 0.271 e. The van der Waals surface area contributed by atoms with Crippen LogP contribution in [0.1, 0.15) is 38.8 Å². The SMILES string of the molecule is CCN1c2cc(F)c(C=Nc3cccc([N+](=O)[O-])c3)cc2C(C)=CC1(C)C. The van der Waals surface area contributed by atoms with Gasteiger partial charge in [0.25, 0.3) is 5.69 Å². The third-order valence-electron chi connectivity index (χ3n) is 4.81. The van der Waals surface area contributed by atoms with Gasteiger partial charge < -0.3 is 4.90 Å². The van der Waals surface area contributed by atoms with Gasteiger partial charge in [0.15, 0.2) is 0 Å². The lowest BCUT2D eigenvalue weighted by molar-refractivity contribution is -0.384. The van der Waals surface area contributed by atoms with E-state index in [1.54, 1.807) is 24.3 Å². The van der Waals surface area contributed by atoms with Crippen molar-refractivity contribution in [1.29, 1.82) is 0 Å². The van der Waals surface area contributed by atoms with Crippen LogP contribution >= 0.6 is 0 Å². The number of anilines is 1. The van der Waals surface area contributed by atoms with Crippen LogP contribution in [0.4, 0.5) is 21.5 Å². The number of aliphatic imine (C=N–C) groups is 1. The number of likely N-dealkylation sites (N-methyl/N-ethyl adjacent to an activating group) is 1. The molecule has 0 saturated heterocycles. The summed E-state index contributed by atoms with van der Waals surface area (Å²) in [6, 6.07) is 9.29. The van der Waals surface area contributed by atoms with Crippen molar-refractivity contribution in [2.24, 2.45) is 4.99 Å². The zero-order valence-electron chi connectivity index (χ0n) is 15.9. The van der Waals surface area contributed by atoms with E-state index in [1.807, 2.05) is 6.92 Å². The molecule has 0 bridgehead atoms. The number of allylic oxidation sites excluding steroid dienone is 1. The number of hydrogen-bond donors (Lipinski definition) is 0. The highest BCUT2D eigenvalue weighted by Gasteiger charge is 2.30. The highest BCUT2D eigenvalue weighted by atomic mass is 19.1. The predicted octanol–water partition coefficient (Wildman–Crippen LogP) is 5.51. The van der Waals surface area contributed by atoms with Gasteiger partial charge in [0.05, 0.1) is 16.1 Å². The van der Waals surface area contributed by atoms with Gasteiger partial charge in [0.2, 0.25) is 0 Å². The van der Waals surface area contributed by atoms with Crippen LogP contribution in [-0.4, -0.2) is 23.2 Å². The van der Waals surface area contributed by atoms with Crippen LogP contribution in [0.3, 0.4) is 0 Å². The Morgan fingerprint density at radius 1 is 1.30 bits per heavy atom. The number of hydrogen-bond acceptors (Lipinski definition) is 4. The minimum Gasteiger partial charge on any atom is -0.363 e. The van der Waals surface area contributed by atoms with Gasteiger partial charge in [0.1, 0.15) is 5.82 Å². The average molecular weight is 367 g/mol. The monoisotopic (exact) mass is 367 g/mol. The molecule has 1 aliphatic heterocycles. The Hall–Kier alpha value is -3.02. The van der Waals surface area contributed by atoms with E-state index in [9.17, 15) is 14.5 Å². The molecule has 0 atom stereocenters. The highest BCUT2D eigenvalue weighted by molar-refractivity contribution is 5.89. The summed E-state index contributed by atoms with van der Waals surface area (Å²) in [7, 11) is 0. The number of benzene rings is 2. The van der Waals surface area contributed by atoms with Crippen molar-refractivity contribution in [3.63, 3.8) is 0 Å². The number of nitrogens with zero attached hydrogens (tertiary/aromatic N) is 3. The molecule has 140 valence electrons. The van der Waals surface area contributed by atoms with Crippen molar-refractivity contribution in [3.05, 3.63) is 69.5 Å². The second kappa shape index (κ2) is 6.95. The van der Waals surface area contributed by atoms with Crippen molar-refractivity contribution in [2.75, 3.05) is 11.4 Å². The van der Waals surface area contributed by atoms with E-state index in [0.717, 1.165) is 23.4 Å². The molecule has 1 heterocycles. The van der Waals surface area contributed by atoms with Crippen molar-refractivity contribution in [3.8, 4) is 0 Å². The topological polar surface area (TPSA) is 58.7 Å². The summed E-state index contributed by atoms with van der Waals surface area (Å²) in [5.74, 6) is -0.369. The maximum Gasteiger partial charge on any atom is 0.271 e. The summed E-state index contributed by atoms with van der Waals surface area (Å²) in [6.07, 6.45) is 3.59. The maximum atomic E-state index is 14.7. The molecule has 27 heavy (non-hydrogen) atoms. The molecule has 0 fully saturated rings. The lowest BCUT2D eigenvalue weighted by Gasteiger charge is -2.42. The van der Waals surface area contributed by atoms with Gasteiger partial charge in [-0.15, -0.1) is 0 Å². The Bertz CT molecular complexity index is 964. The second-order valence-electron chi connectivity index (χ2n) is 7.15. The van der Waals surface area contributed by atoms with Crippen LogP contribution in [0.2, 0.25) is 0 Å². The van der Waals surface area contributed by atoms with Gasteiger partial charge >= 0.3 is 0 Å². The molecule has 0 N–H and O–H groups in total. The molecule has 0 spiro atoms. The zero-order valence-corrected chi connectivity index (χ0v) is 15.9. The standard InChI is InChI=1S/C21H22FN3O2/c1-5-24-20-11-19(22)15(9-18(20)14(2)12-21(24,3)4)13-23-16-7-6-8-17(10-16)25(26)27/h6-13H,5H2,1-4H3. The molecule has 0 unspecified atom stereocenters. The molecule has 0 saturated carbocycles. The molecule has 0 radical (unpaired) electrons. The Kier molecular flexibility index (Phi) is 4.83. The summed E-state index contributed by atoms with van der Waals surface area (Å²) >= 11 is 0. The van der Waals surface area contributed by atoms with E-state index < -0.39 is 4.92 Å². The fraction of sp³-hybridized carbons (Fsp3) is 0.286. The Morgan fingerprint density at radius 3 is 2.70 bits per heavy atom. The first kappa shape index (κ1) is 18.8. The molecule has 3 rings (SSSR count). The normalized spacial score (nSPS) is 15.6. The van der Waals surface area contributed by atoms with E-state index >= 15 is 0 Å². The fourth-order valence-electron chi connectivity index (χ4n) is 3.62. The molecule has 2 aromatic rings. The summed E-state index contributed by atoms with van der Waals surface area (Å²) in [5.41, 5.74) is 3.45. The summed E-state index contributed by atoms with van der Waals surface area (Å²) in [5, 5.41) is 10.9. The van der Waals surface area contributed by atoms with Gasteiger partial charge in [-0.1, -0.05) is 12.1 Å². The molecular formula is C21H22FN3O2. The van der Waals surface area contributed by atoms with Crippen molar-refractivity contribution in [1.82, 2.24) is 0 Å². The van der Waals surface area contributed by atoms with Crippen LogP contribution in [-0.2, 0) is 0 Å². The number of fused-ring (bicyclic) bond motifs is 1. The number of nitro benzene ring substituents is 1. The van der Waals surface area contributed by atoms with E-state index in [4.69, 9.17) is 0 Å². The highest BCUT2D eigenvalue weighted by Crippen LogP contribution is 2.39. The average Bonchev–Trinajstić information content (AvgIpc) is 2.60. The first-order valence-electron chi connectivity index (χ1n) is 8.82. The van der Waals surface area contributed by atoms with E-state index in [-0.39, 0.29) is 17.0 Å². The van der Waals surface area contributed by atoms with Crippen LogP contribution in [0, 0.1) is 15.9 Å². The van der Waals surface area contributed by atoms with E-state index in [0.29, 0.717) is 11.3 Å². The van der Waals surface area contributed by atoms with Crippen LogP contribution in [0.25, 0.3) is 5.57 Å². The van der Waals surface area contributed by atoms with Gasteiger partial charge in [-0.05, 0) is 51.5 Å². The quantitative estimate of drug-likeness (QED) is 0.407. The van der Waals surface area contributed by atoms with Crippen molar-refractivity contribution in [2.45, 2.75) is 33.2 Å². The molecular weight excluding hydrogens is 345 g/mol. The summed E-state index contributed by atoms with van der Waals surface area (Å²) < 4.78 is 14.7. The third kappa shape index (κ3) is 3.60. The second-order valence-corrected chi connectivity index (χ2v) is 7.15. The van der Waals surface area contributed by atoms with Crippen molar-refractivity contribution >= 4 is 28.8 Å². The molecule has 5 nitrogen and oxygen atoms in total. The number of non-ortho nitro benzene ring substituents is 1. The summed E-state index contributed by atoms with van der Waals surface area (Å²) in [4.78, 5) is 16.8. The van der Waals surface area contributed by atoms with E-state index in [1.165, 1.54) is 18.3 Å². The predicted molar refractivity (Wildman–Crippen MR) is 108 cm³/mol. The first-order valence-corrected chi connectivity index (χ1v) is 8.82. The third-order valence-corrected chi connectivity index (χ3v) is 4.81.